The second-order valence-corrected chi connectivity index (χ2v) is 2.15. The Morgan fingerprint density at radius 3 is 2.89 bits per heavy atom. The van der Waals surface area contributed by atoms with Gasteiger partial charge in [-0.2, -0.15) is 0 Å². The Labute approximate surface area is 55.1 Å². The number of aliphatic hydroxyl groups is 1. The summed E-state index contributed by atoms with van der Waals surface area (Å²) in [6.45, 7) is 2.79. The van der Waals surface area contributed by atoms with Gasteiger partial charge in [-0.1, -0.05) is 6.92 Å². The van der Waals surface area contributed by atoms with E-state index in [-0.39, 0.29) is 12.5 Å². The van der Waals surface area contributed by atoms with E-state index in [1.54, 1.807) is 0 Å². The van der Waals surface area contributed by atoms with Crippen LogP contribution in [0.2, 0.25) is 0 Å². The molecule has 0 bridgehead atoms. The summed E-state index contributed by atoms with van der Waals surface area (Å²) in [6, 6.07) is 0. The van der Waals surface area contributed by atoms with Gasteiger partial charge in [-0.15, -0.1) is 0 Å². The van der Waals surface area contributed by atoms with Crippen LogP contribution in [0.5, 0.6) is 0 Å². The SMILES string of the molecule is CC(CO)CCNC=O. The van der Waals surface area contributed by atoms with Gasteiger partial charge in [0.15, 0.2) is 0 Å². The van der Waals surface area contributed by atoms with E-state index in [4.69, 9.17) is 5.11 Å². The third kappa shape index (κ3) is 5.30. The minimum Gasteiger partial charge on any atom is -0.396 e. The van der Waals surface area contributed by atoms with Crippen molar-refractivity contribution >= 4 is 6.41 Å². The summed E-state index contributed by atoms with van der Waals surface area (Å²) in [6.07, 6.45) is 1.51. The first-order chi connectivity index (χ1) is 4.31. The van der Waals surface area contributed by atoms with Crippen molar-refractivity contribution in [2.45, 2.75) is 13.3 Å². The summed E-state index contributed by atoms with van der Waals surface area (Å²) in [5.41, 5.74) is 0. The van der Waals surface area contributed by atoms with Gasteiger partial charge < -0.3 is 10.4 Å². The van der Waals surface area contributed by atoms with Crippen LogP contribution in [0.4, 0.5) is 0 Å². The monoisotopic (exact) mass is 131 g/mol. The number of amides is 1. The third-order valence-corrected chi connectivity index (χ3v) is 1.18. The maximum Gasteiger partial charge on any atom is 0.207 e. The van der Waals surface area contributed by atoms with E-state index < -0.39 is 0 Å². The first-order valence-corrected chi connectivity index (χ1v) is 3.09. The minimum absolute atomic E-state index is 0.195. The summed E-state index contributed by atoms with van der Waals surface area (Å²) < 4.78 is 0. The number of rotatable bonds is 5. The minimum atomic E-state index is 0.195. The summed E-state index contributed by atoms with van der Waals surface area (Å²) in [5, 5.41) is 11.0. The van der Waals surface area contributed by atoms with Crippen molar-refractivity contribution in [2.24, 2.45) is 5.92 Å². The fourth-order valence-electron chi connectivity index (χ4n) is 0.480. The zero-order valence-electron chi connectivity index (χ0n) is 5.63. The van der Waals surface area contributed by atoms with Crippen LogP contribution in [-0.2, 0) is 4.79 Å². The second-order valence-electron chi connectivity index (χ2n) is 2.15. The Balaban J connectivity index is 2.96. The molecule has 2 N–H and O–H groups in total. The molecule has 0 aliphatic carbocycles. The van der Waals surface area contributed by atoms with Crippen LogP contribution in [0, 0.1) is 5.92 Å². The number of carbonyl (C=O) groups excluding carboxylic acids is 1. The van der Waals surface area contributed by atoms with Crippen LogP contribution < -0.4 is 5.32 Å². The quantitative estimate of drug-likeness (QED) is 0.399. The van der Waals surface area contributed by atoms with Crippen LogP contribution >= 0.6 is 0 Å². The molecule has 0 aromatic heterocycles. The molecule has 3 nitrogen and oxygen atoms in total. The van der Waals surface area contributed by atoms with E-state index >= 15 is 0 Å². The molecule has 1 atom stereocenters. The highest BCUT2D eigenvalue weighted by atomic mass is 16.3. The topological polar surface area (TPSA) is 49.3 Å². The molecule has 0 aromatic carbocycles. The molecule has 0 aromatic rings. The first kappa shape index (κ1) is 8.43. The van der Waals surface area contributed by atoms with Crippen LogP contribution in [0.3, 0.4) is 0 Å². The van der Waals surface area contributed by atoms with Gasteiger partial charge in [-0.3, -0.25) is 4.79 Å². The summed E-state index contributed by atoms with van der Waals surface area (Å²) in [4.78, 5) is 9.70. The van der Waals surface area contributed by atoms with Crippen molar-refractivity contribution in [1.82, 2.24) is 5.32 Å². The van der Waals surface area contributed by atoms with Gasteiger partial charge >= 0.3 is 0 Å². The largest absolute Gasteiger partial charge is 0.396 e. The number of aliphatic hydroxyl groups excluding tert-OH is 1. The van der Waals surface area contributed by atoms with Crippen molar-refractivity contribution in [3.63, 3.8) is 0 Å². The van der Waals surface area contributed by atoms with E-state index in [0.29, 0.717) is 13.0 Å². The molecule has 0 aliphatic heterocycles. The maximum absolute atomic E-state index is 9.70. The van der Waals surface area contributed by atoms with Gasteiger partial charge in [-0.05, 0) is 12.3 Å². The van der Waals surface area contributed by atoms with Crippen molar-refractivity contribution < 1.29 is 9.90 Å². The molecule has 0 saturated carbocycles. The number of hydrogen-bond acceptors (Lipinski definition) is 2. The lowest BCUT2D eigenvalue weighted by atomic mass is 10.1. The molecular formula is C6H13NO2. The third-order valence-electron chi connectivity index (χ3n) is 1.18. The lowest BCUT2D eigenvalue weighted by Crippen LogP contribution is -2.16. The van der Waals surface area contributed by atoms with Gasteiger partial charge in [0, 0.05) is 13.2 Å². The highest BCUT2D eigenvalue weighted by Crippen LogP contribution is 1.96. The van der Waals surface area contributed by atoms with Crippen molar-refractivity contribution in [1.29, 1.82) is 0 Å². The van der Waals surface area contributed by atoms with Crippen LogP contribution in [0.1, 0.15) is 13.3 Å². The molecule has 0 heterocycles. The Morgan fingerprint density at radius 2 is 2.44 bits per heavy atom. The Kier molecular flexibility index (Phi) is 5.21. The van der Waals surface area contributed by atoms with Crippen molar-refractivity contribution in [3.05, 3.63) is 0 Å². The van der Waals surface area contributed by atoms with E-state index in [9.17, 15) is 4.79 Å². The molecule has 0 rings (SSSR count). The molecule has 0 aliphatic rings. The number of hydrogen-bond donors (Lipinski definition) is 2. The average Bonchev–Trinajstić information content (AvgIpc) is 1.89. The molecule has 1 amide bonds. The number of carbonyl (C=O) groups is 1. The standard InChI is InChI=1S/C6H13NO2/c1-6(4-8)2-3-7-5-9/h5-6,8H,2-4H2,1H3,(H,7,9). The molecule has 1 unspecified atom stereocenters. The molecule has 54 valence electrons. The van der Waals surface area contributed by atoms with Crippen molar-refractivity contribution in [2.75, 3.05) is 13.2 Å². The van der Waals surface area contributed by atoms with Gasteiger partial charge in [0.1, 0.15) is 0 Å². The van der Waals surface area contributed by atoms with E-state index in [0.717, 1.165) is 6.42 Å². The van der Waals surface area contributed by atoms with Gasteiger partial charge in [-0.25, -0.2) is 0 Å². The van der Waals surface area contributed by atoms with Gasteiger partial charge in [0.2, 0.25) is 6.41 Å². The van der Waals surface area contributed by atoms with Crippen molar-refractivity contribution in [3.8, 4) is 0 Å². The molecule has 3 heteroatoms. The number of nitrogens with one attached hydrogen (secondary N) is 1. The Morgan fingerprint density at radius 1 is 1.78 bits per heavy atom. The maximum atomic E-state index is 9.70. The first-order valence-electron chi connectivity index (χ1n) is 3.09. The normalized spacial score (nSPS) is 12.7. The van der Waals surface area contributed by atoms with Crippen LogP contribution in [-0.4, -0.2) is 24.7 Å². The van der Waals surface area contributed by atoms with E-state index in [1.807, 2.05) is 6.92 Å². The molecule has 0 saturated heterocycles. The molecule has 0 spiro atoms. The van der Waals surface area contributed by atoms with Gasteiger partial charge in [0.25, 0.3) is 0 Å². The highest BCUT2D eigenvalue weighted by molar-refractivity contribution is 5.45. The summed E-state index contributed by atoms with van der Waals surface area (Å²) in [5.74, 6) is 0.289. The highest BCUT2D eigenvalue weighted by Gasteiger charge is 1.96. The predicted octanol–water partition coefficient (Wildman–Crippen LogP) is -0.249. The second kappa shape index (κ2) is 5.56. The van der Waals surface area contributed by atoms with Gasteiger partial charge in [0.05, 0.1) is 0 Å². The van der Waals surface area contributed by atoms with E-state index in [1.165, 1.54) is 0 Å². The Hall–Kier alpha value is -0.570. The molecule has 9 heavy (non-hydrogen) atoms. The lowest BCUT2D eigenvalue weighted by Gasteiger charge is -2.04. The average molecular weight is 131 g/mol. The summed E-state index contributed by atoms with van der Waals surface area (Å²) >= 11 is 0. The molecular weight excluding hydrogens is 118 g/mol. The van der Waals surface area contributed by atoms with Crippen LogP contribution in [0.15, 0.2) is 0 Å². The fourth-order valence-corrected chi connectivity index (χ4v) is 0.480. The molecule has 0 radical (unpaired) electrons. The predicted molar refractivity (Wildman–Crippen MR) is 34.9 cm³/mol. The zero-order chi connectivity index (χ0) is 7.11. The molecule has 0 fully saturated rings. The van der Waals surface area contributed by atoms with Crippen LogP contribution in [0.25, 0.3) is 0 Å². The summed E-state index contributed by atoms with van der Waals surface area (Å²) in [7, 11) is 0. The fraction of sp³-hybridized carbons (Fsp3) is 0.833. The van der Waals surface area contributed by atoms with E-state index in [2.05, 4.69) is 5.32 Å². The Bertz CT molecular complexity index is 75.5. The smallest absolute Gasteiger partial charge is 0.207 e. The zero-order valence-corrected chi connectivity index (χ0v) is 5.63. The lowest BCUT2D eigenvalue weighted by molar-refractivity contribution is -0.109.